The minimum absolute atomic E-state index is 0.683. The molecule has 5 heteroatoms. The van der Waals surface area contributed by atoms with E-state index in [2.05, 4.69) is 55.7 Å². The minimum atomic E-state index is 0.683. The van der Waals surface area contributed by atoms with Crippen LogP contribution in [0.1, 0.15) is 23.5 Å². The summed E-state index contributed by atoms with van der Waals surface area (Å²) < 4.78 is 4.45. The standard InChI is InChI=1S/C17H21N5/c1-13-4-6-22-15(11-20-17(22)8-13)10-18-9-14-2-3-16-19-5-7-21(16)12-14/h4-8,11,14,18H,2-3,9-10,12H2,1H3/t14-/m0/s1. The van der Waals surface area contributed by atoms with Gasteiger partial charge in [-0.2, -0.15) is 0 Å². The molecule has 0 radical (unpaired) electrons. The Labute approximate surface area is 130 Å². The Bertz CT molecular complexity index is 785. The van der Waals surface area contributed by atoms with Gasteiger partial charge in [0.15, 0.2) is 0 Å². The fraction of sp³-hybridized carbons (Fsp3) is 0.412. The van der Waals surface area contributed by atoms with Crippen molar-refractivity contribution in [2.45, 2.75) is 32.9 Å². The highest BCUT2D eigenvalue weighted by atomic mass is 15.1. The summed E-state index contributed by atoms with van der Waals surface area (Å²) in [6, 6.07) is 4.24. The van der Waals surface area contributed by atoms with E-state index in [1.807, 2.05) is 12.4 Å². The number of hydrogen-bond donors (Lipinski definition) is 1. The second-order valence-electron chi connectivity index (χ2n) is 6.21. The molecule has 1 aliphatic heterocycles. The molecule has 0 amide bonds. The first-order valence-corrected chi connectivity index (χ1v) is 7.93. The smallest absolute Gasteiger partial charge is 0.137 e. The maximum atomic E-state index is 4.48. The van der Waals surface area contributed by atoms with Gasteiger partial charge in [0, 0.05) is 44.6 Å². The van der Waals surface area contributed by atoms with Gasteiger partial charge in [-0.1, -0.05) is 0 Å². The molecule has 5 nitrogen and oxygen atoms in total. The molecule has 1 N–H and O–H groups in total. The van der Waals surface area contributed by atoms with Crippen LogP contribution in [0.4, 0.5) is 0 Å². The number of rotatable bonds is 4. The third-order valence-corrected chi connectivity index (χ3v) is 4.52. The van der Waals surface area contributed by atoms with Crippen molar-refractivity contribution >= 4 is 5.65 Å². The predicted octanol–water partition coefficient (Wildman–Crippen LogP) is 2.19. The first-order valence-electron chi connectivity index (χ1n) is 7.93. The van der Waals surface area contributed by atoms with Gasteiger partial charge >= 0.3 is 0 Å². The molecule has 0 unspecified atom stereocenters. The van der Waals surface area contributed by atoms with E-state index in [-0.39, 0.29) is 0 Å². The van der Waals surface area contributed by atoms with Crippen molar-refractivity contribution in [2.24, 2.45) is 5.92 Å². The molecule has 0 bridgehead atoms. The van der Waals surface area contributed by atoms with Crippen LogP contribution >= 0.6 is 0 Å². The molecule has 4 heterocycles. The number of fused-ring (bicyclic) bond motifs is 2. The Balaban J connectivity index is 1.37. The molecule has 114 valence electrons. The molecule has 0 saturated carbocycles. The largest absolute Gasteiger partial charge is 0.335 e. The molecule has 4 rings (SSSR count). The van der Waals surface area contributed by atoms with Crippen LogP contribution in [0.25, 0.3) is 5.65 Å². The Kier molecular flexibility index (Phi) is 3.42. The van der Waals surface area contributed by atoms with E-state index < -0.39 is 0 Å². The second kappa shape index (κ2) is 5.57. The van der Waals surface area contributed by atoms with Gasteiger partial charge in [0.2, 0.25) is 0 Å². The Morgan fingerprint density at radius 1 is 1.32 bits per heavy atom. The zero-order valence-electron chi connectivity index (χ0n) is 12.9. The Hall–Kier alpha value is -2.14. The molecule has 3 aromatic rings. The van der Waals surface area contributed by atoms with Gasteiger partial charge < -0.3 is 14.3 Å². The van der Waals surface area contributed by atoms with Crippen LogP contribution in [0.2, 0.25) is 0 Å². The summed E-state index contributed by atoms with van der Waals surface area (Å²) in [6.45, 7) is 5.07. The van der Waals surface area contributed by atoms with E-state index >= 15 is 0 Å². The lowest BCUT2D eigenvalue weighted by Crippen LogP contribution is -2.30. The summed E-state index contributed by atoms with van der Waals surface area (Å²) >= 11 is 0. The number of imidazole rings is 2. The van der Waals surface area contributed by atoms with Crippen molar-refractivity contribution in [1.29, 1.82) is 0 Å². The van der Waals surface area contributed by atoms with Crippen LogP contribution < -0.4 is 5.32 Å². The van der Waals surface area contributed by atoms with E-state index in [1.54, 1.807) is 0 Å². The summed E-state index contributed by atoms with van der Waals surface area (Å²) in [4.78, 5) is 8.86. The van der Waals surface area contributed by atoms with E-state index in [1.165, 1.54) is 23.5 Å². The van der Waals surface area contributed by atoms with Gasteiger partial charge in [-0.25, -0.2) is 9.97 Å². The van der Waals surface area contributed by atoms with Crippen molar-refractivity contribution in [2.75, 3.05) is 6.54 Å². The Morgan fingerprint density at radius 2 is 2.27 bits per heavy atom. The average molecular weight is 295 g/mol. The highest BCUT2D eigenvalue weighted by Crippen LogP contribution is 2.18. The fourth-order valence-corrected chi connectivity index (χ4v) is 3.27. The molecule has 22 heavy (non-hydrogen) atoms. The van der Waals surface area contributed by atoms with Gasteiger partial charge in [0.1, 0.15) is 11.5 Å². The van der Waals surface area contributed by atoms with Crippen LogP contribution in [0.5, 0.6) is 0 Å². The van der Waals surface area contributed by atoms with Gasteiger partial charge in [-0.15, -0.1) is 0 Å². The van der Waals surface area contributed by atoms with Crippen LogP contribution in [0, 0.1) is 12.8 Å². The molecule has 1 atom stereocenters. The zero-order valence-corrected chi connectivity index (χ0v) is 12.9. The van der Waals surface area contributed by atoms with E-state index in [9.17, 15) is 0 Å². The maximum absolute atomic E-state index is 4.48. The summed E-state index contributed by atoms with van der Waals surface area (Å²) in [5.74, 6) is 1.91. The van der Waals surface area contributed by atoms with Crippen LogP contribution in [0.3, 0.4) is 0 Å². The monoisotopic (exact) mass is 295 g/mol. The first-order chi connectivity index (χ1) is 10.8. The van der Waals surface area contributed by atoms with Gasteiger partial charge in [-0.05, 0) is 37.0 Å². The van der Waals surface area contributed by atoms with Gasteiger partial charge in [0.05, 0.1) is 11.9 Å². The van der Waals surface area contributed by atoms with Gasteiger partial charge in [-0.3, -0.25) is 0 Å². The molecule has 0 aromatic carbocycles. The molecular weight excluding hydrogens is 274 g/mol. The van der Waals surface area contributed by atoms with Crippen molar-refractivity contribution in [1.82, 2.24) is 24.3 Å². The number of aryl methyl sites for hydroxylation is 2. The average Bonchev–Trinajstić information content (AvgIpc) is 3.13. The predicted molar refractivity (Wildman–Crippen MR) is 85.7 cm³/mol. The van der Waals surface area contributed by atoms with Crippen molar-refractivity contribution in [3.63, 3.8) is 0 Å². The van der Waals surface area contributed by atoms with Crippen LogP contribution in [-0.4, -0.2) is 25.5 Å². The Morgan fingerprint density at radius 3 is 3.23 bits per heavy atom. The fourth-order valence-electron chi connectivity index (χ4n) is 3.27. The number of hydrogen-bond acceptors (Lipinski definition) is 3. The lowest BCUT2D eigenvalue weighted by molar-refractivity contribution is 0.347. The van der Waals surface area contributed by atoms with Crippen molar-refractivity contribution in [3.05, 3.63) is 54.0 Å². The lowest BCUT2D eigenvalue weighted by Gasteiger charge is -2.24. The quantitative estimate of drug-likeness (QED) is 0.802. The third-order valence-electron chi connectivity index (χ3n) is 4.52. The van der Waals surface area contributed by atoms with Crippen LogP contribution in [0.15, 0.2) is 36.9 Å². The summed E-state index contributed by atoms with van der Waals surface area (Å²) in [6.07, 6.45) is 10.4. The van der Waals surface area contributed by atoms with Gasteiger partial charge in [0.25, 0.3) is 0 Å². The summed E-state index contributed by atoms with van der Waals surface area (Å²) in [7, 11) is 0. The van der Waals surface area contributed by atoms with E-state index in [0.29, 0.717) is 5.92 Å². The summed E-state index contributed by atoms with van der Waals surface area (Å²) in [5, 5.41) is 3.59. The van der Waals surface area contributed by atoms with E-state index in [0.717, 1.165) is 31.7 Å². The highest BCUT2D eigenvalue weighted by Gasteiger charge is 2.18. The normalized spacial score (nSPS) is 17.8. The summed E-state index contributed by atoms with van der Waals surface area (Å²) in [5.41, 5.74) is 3.49. The third kappa shape index (κ3) is 2.52. The highest BCUT2D eigenvalue weighted by molar-refractivity contribution is 5.42. The molecular formula is C17H21N5. The zero-order chi connectivity index (χ0) is 14.9. The van der Waals surface area contributed by atoms with Crippen molar-refractivity contribution in [3.8, 4) is 0 Å². The molecule has 0 saturated heterocycles. The molecule has 3 aromatic heterocycles. The van der Waals surface area contributed by atoms with Crippen molar-refractivity contribution < 1.29 is 0 Å². The van der Waals surface area contributed by atoms with Crippen LogP contribution in [-0.2, 0) is 19.5 Å². The number of aromatic nitrogens is 4. The molecule has 0 aliphatic carbocycles. The first kappa shape index (κ1) is 13.5. The lowest BCUT2D eigenvalue weighted by atomic mass is 9.99. The maximum Gasteiger partial charge on any atom is 0.137 e. The SMILES string of the molecule is Cc1ccn2c(CNC[C@@H]3CCc4nccn4C3)cnc2c1. The van der Waals surface area contributed by atoms with E-state index in [4.69, 9.17) is 0 Å². The molecule has 0 spiro atoms. The molecule has 1 aliphatic rings. The minimum Gasteiger partial charge on any atom is -0.335 e. The number of nitrogens with zero attached hydrogens (tertiary/aromatic N) is 4. The number of pyridine rings is 1. The number of nitrogens with one attached hydrogen (secondary N) is 1. The topological polar surface area (TPSA) is 47.1 Å². The molecule has 0 fully saturated rings. The second-order valence-corrected chi connectivity index (χ2v) is 6.21.